The first-order valence-corrected chi connectivity index (χ1v) is 10.4. The summed E-state index contributed by atoms with van der Waals surface area (Å²) in [6.45, 7) is 1.10. The zero-order chi connectivity index (χ0) is 20.7. The van der Waals surface area contributed by atoms with Crippen molar-refractivity contribution in [1.82, 2.24) is 15.0 Å². The minimum atomic E-state index is -0.697. The van der Waals surface area contributed by atoms with Gasteiger partial charge in [0.2, 0.25) is 5.91 Å². The van der Waals surface area contributed by atoms with E-state index in [1.165, 1.54) is 6.07 Å². The second kappa shape index (κ2) is 7.64. The van der Waals surface area contributed by atoms with Gasteiger partial charge in [0.1, 0.15) is 23.1 Å². The second-order valence-corrected chi connectivity index (χ2v) is 8.21. The van der Waals surface area contributed by atoms with Crippen molar-refractivity contribution in [1.29, 1.82) is 0 Å². The van der Waals surface area contributed by atoms with E-state index in [4.69, 9.17) is 9.26 Å². The molecule has 0 aliphatic carbocycles. The van der Waals surface area contributed by atoms with Gasteiger partial charge in [-0.15, -0.1) is 0 Å². The topological polar surface area (TPSA) is 68.5 Å². The highest BCUT2D eigenvalue weighted by Crippen LogP contribution is 2.32. The van der Waals surface area contributed by atoms with E-state index in [0.29, 0.717) is 47.1 Å². The minimum Gasteiger partial charge on any atom is -0.467 e. The molecule has 2 aromatic heterocycles. The number of amides is 1. The number of rotatable bonds is 4. The lowest BCUT2D eigenvalue weighted by Gasteiger charge is -2.31. The predicted octanol–water partition coefficient (Wildman–Crippen LogP) is 4.33. The van der Waals surface area contributed by atoms with Crippen LogP contribution < -0.4 is 4.74 Å². The van der Waals surface area contributed by atoms with Crippen molar-refractivity contribution in [3.05, 3.63) is 53.7 Å². The molecular weight excluding hydrogens is 412 g/mol. The molecule has 2 aromatic carbocycles. The van der Waals surface area contributed by atoms with Crippen molar-refractivity contribution in [2.75, 3.05) is 13.1 Å². The summed E-state index contributed by atoms with van der Waals surface area (Å²) < 4.78 is 38.7. The Morgan fingerprint density at radius 1 is 1.23 bits per heavy atom. The Balaban J connectivity index is 1.20. The smallest absolute Gasteiger partial charge is 0.274 e. The zero-order valence-electron chi connectivity index (χ0n) is 15.8. The van der Waals surface area contributed by atoms with E-state index in [2.05, 4.69) is 10.1 Å². The highest BCUT2D eigenvalue weighted by atomic mass is 32.1. The summed E-state index contributed by atoms with van der Waals surface area (Å²) in [7, 11) is 0. The number of nitrogens with zero attached hydrogens (tertiary/aromatic N) is 3. The number of benzene rings is 2. The van der Waals surface area contributed by atoms with Crippen molar-refractivity contribution >= 4 is 38.4 Å². The van der Waals surface area contributed by atoms with Crippen molar-refractivity contribution in [2.45, 2.75) is 25.4 Å². The normalized spacial score (nSPS) is 15.2. The van der Waals surface area contributed by atoms with Crippen LogP contribution in [0.25, 0.3) is 21.2 Å². The number of para-hydroxylation sites is 1. The van der Waals surface area contributed by atoms with E-state index in [1.54, 1.807) is 4.90 Å². The van der Waals surface area contributed by atoms with Crippen molar-refractivity contribution in [3.63, 3.8) is 0 Å². The maximum atomic E-state index is 13.8. The maximum Gasteiger partial charge on any atom is 0.274 e. The third-order valence-corrected chi connectivity index (χ3v) is 6.12. The summed E-state index contributed by atoms with van der Waals surface area (Å²) in [5.74, 6) is -1.34. The van der Waals surface area contributed by atoms with Crippen LogP contribution in [0.4, 0.5) is 8.78 Å². The highest BCUT2D eigenvalue weighted by molar-refractivity contribution is 7.20. The Bertz CT molecular complexity index is 1230. The summed E-state index contributed by atoms with van der Waals surface area (Å²) in [4.78, 5) is 18.6. The number of ether oxygens (including phenoxy) is 1. The molecule has 0 radical (unpaired) electrons. The quantitative estimate of drug-likeness (QED) is 0.483. The fourth-order valence-electron chi connectivity index (χ4n) is 3.67. The Kier molecular flexibility index (Phi) is 4.82. The largest absolute Gasteiger partial charge is 0.467 e. The molecule has 5 rings (SSSR count). The molecule has 0 spiro atoms. The van der Waals surface area contributed by atoms with Gasteiger partial charge in [0.15, 0.2) is 11.4 Å². The average molecular weight is 429 g/mol. The van der Waals surface area contributed by atoms with E-state index in [9.17, 15) is 13.6 Å². The van der Waals surface area contributed by atoms with Crippen LogP contribution in [0, 0.1) is 11.6 Å². The Hall–Kier alpha value is -3.07. The van der Waals surface area contributed by atoms with Gasteiger partial charge in [0.05, 0.1) is 11.1 Å². The molecule has 1 aliphatic heterocycles. The number of likely N-dealkylation sites (tertiary alicyclic amines) is 1. The van der Waals surface area contributed by atoms with Crippen LogP contribution >= 0.6 is 11.3 Å². The average Bonchev–Trinajstić information content (AvgIpc) is 3.33. The molecule has 0 unspecified atom stereocenters. The molecule has 4 aromatic rings. The van der Waals surface area contributed by atoms with E-state index >= 15 is 0 Å². The predicted molar refractivity (Wildman–Crippen MR) is 107 cm³/mol. The van der Waals surface area contributed by atoms with Crippen LogP contribution in [0.1, 0.15) is 18.5 Å². The number of hydrogen-bond donors (Lipinski definition) is 0. The molecule has 0 bridgehead atoms. The molecular formula is C21H17F2N3O3S. The van der Waals surface area contributed by atoms with Crippen LogP contribution in [-0.4, -0.2) is 40.1 Å². The van der Waals surface area contributed by atoms with Gasteiger partial charge >= 0.3 is 0 Å². The summed E-state index contributed by atoms with van der Waals surface area (Å²) in [5.41, 5.74) is 1.42. The lowest BCUT2D eigenvalue weighted by molar-refractivity contribution is -0.132. The number of carbonyl (C=O) groups excluding carboxylic acids is 1. The number of aromatic nitrogens is 2. The lowest BCUT2D eigenvalue weighted by Crippen LogP contribution is -2.42. The van der Waals surface area contributed by atoms with E-state index in [1.807, 2.05) is 24.3 Å². The van der Waals surface area contributed by atoms with Crippen LogP contribution in [0.15, 0.2) is 40.9 Å². The van der Waals surface area contributed by atoms with Gasteiger partial charge in [-0.05, 0) is 18.2 Å². The number of fused-ring (bicyclic) bond motifs is 2. The summed E-state index contributed by atoms with van der Waals surface area (Å²) in [6.07, 6.45) is 1.33. The molecule has 0 atom stereocenters. The molecule has 3 heterocycles. The van der Waals surface area contributed by atoms with Crippen LogP contribution in [0.2, 0.25) is 0 Å². The van der Waals surface area contributed by atoms with Gasteiger partial charge in [-0.1, -0.05) is 28.6 Å². The lowest BCUT2D eigenvalue weighted by atomic mass is 10.1. The molecule has 1 saturated heterocycles. The molecule has 1 amide bonds. The third kappa shape index (κ3) is 3.60. The van der Waals surface area contributed by atoms with E-state index in [0.717, 1.165) is 22.8 Å². The molecule has 0 saturated carbocycles. The standard InChI is InChI=1S/C21H17F2N3O3S/c22-12-9-15(23)20-18(10-12)30-21(24-20)28-13-5-7-26(8-6-13)19(27)11-16-14-3-1-2-4-17(14)29-25-16/h1-4,9-10,13H,5-8,11H2. The van der Waals surface area contributed by atoms with Crippen LogP contribution in [0.5, 0.6) is 5.19 Å². The molecule has 0 N–H and O–H groups in total. The van der Waals surface area contributed by atoms with Crippen molar-refractivity contribution in [2.24, 2.45) is 0 Å². The fraction of sp³-hybridized carbons (Fsp3) is 0.286. The minimum absolute atomic E-state index is 0.00923. The molecule has 6 nitrogen and oxygen atoms in total. The molecule has 154 valence electrons. The second-order valence-electron chi connectivity index (χ2n) is 7.21. The first kappa shape index (κ1) is 18.9. The number of hydrogen-bond acceptors (Lipinski definition) is 6. The monoisotopic (exact) mass is 429 g/mol. The van der Waals surface area contributed by atoms with E-state index in [-0.39, 0.29) is 23.9 Å². The Morgan fingerprint density at radius 2 is 2.03 bits per heavy atom. The Morgan fingerprint density at radius 3 is 2.87 bits per heavy atom. The number of piperidine rings is 1. The summed E-state index contributed by atoms with van der Waals surface area (Å²) in [5, 5.41) is 5.19. The third-order valence-electron chi connectivity index (χ3n) is 5.23. The van der Waals surface area contributed by atoms with Gasteiger partial charge in [-0.3, -0.25) is 4.79 Å². The SMILES string of the molecule is O=C(Cc1noc2ccccc12)N1CCC(Oc2nc3c(F)cc(F)cc3s2)CC1. The van der Waals surface area contributed by atoms with Crippen LogP contribution in [0.3, 0.4) is 0 Å². The molecule has 1 fully saturated rings. The molecule has 30 heavy (non-hydrogen) atoms. The fourth-order valence-corrected chi connectivity index (χ4v) is 4.59. The number of carbonyl (C=O) groups is 1. The first-order valence-electron chi connectivity index (χ1n) is 9.60. The van der Waals surface area contributed by atoms with Gasteiger partial charge < -0.3 is 14.2 Å². The van der Waals surface area contributed by atoms with Gasteiger partial charge in [-0.25, -0.2) is 8.78 Å². The van der Waals surface area contributed by atoms with Crippen LogP contribution in [-0.2, 0) is 11.2 Å². The number of halogens is 2. The van der Waals surface area contributed by atoms with Crippen molar-refractivity contribution < 1.29 is 22.8 Å². The zero-order valence-corrected chi connectivity index (χ0v) is 16.6. The highest BCUT2D eigenvalue weighted by Gasteiger charge is 2.26. The van der Waals surface area contributed by atoms with Gasteiger partial charge in [-0.2, -0.15) is 4.98 Å². The number of thiazole rings is 1. The summed E-state index contributed by atoms with van der Waals surface area (Å²) in [6, 6.07) is 9.52. The van der Waals surface area contributed by atoms with Gasteiger partial charge in [0, 0.05) is 37.4 Å². The van der Waals surface area contributed by atoms with Gasteiger partial charge in [0.25, 0.3) is 5.19 Å². The van der Waals surface area contributed by atoms with Crippen molar-refractivity contribution in [3.8, 4) is 5.19 Å². The Labute approximate surface area is 174 Å². The first-order chi connectivity index (χ1) is 14.6. The summed E-state index contributed by atoms with van der Waals surface area (Å²) >= 11 is 1.12. The van der Waals surface area contributed by atoms with E-state index < -0.39 is 11.6 Å². The molecule has 9 heteroatoms. The maximum absolute atomic E-state index is 13.8. The molecule has 1 aliphatic rings.